The van der Waals surface area contributed by atoms with Gasteiger partial charge in [-0.1, -0.05) is 12.1 Å². The summed E-state index contributed by atoms with van der Waals surface area (Å²) in [7, 11) is 0. The van der Waals surface area contributed by atoms with E-state index >= 15 is 0 Å². The van der Waals surface area contributed by atoms with E-state index in [4.69, 9.17) is 0 Å². The Morgan fingerprint density at radius 1 is 0.857 bits per heavy atom. The molecule has 0 unspecified atom stereocenters. The number of rotatable bonds is 1. The normalized spacial score (nSPS) is 12.5. The molecule has 0 amide bonds. The molecule has 0 aliphatic carbocycles. The zero-order valence-electron chi connectivity index (χ0n) is 10.1. The molecule has 0 spiro atoms. The van der Waals surface area contributed by atoms with E-state index in [1.165, 1.54) is 12.1 Å². The van der Waals surface area contributed by atoms with Gasteiger partial charge in [-0.15, -0.1) is 0 Å². The number of nitrogens with zero attached hydrogens (tertiary/aromatic N) is 1. The molecule has 1 aromatic heterocycles. The summed E-state index contributed by atoms with van der Waals surface area (Å²) in [5.74, 6) is 0. The second-order valence-corrected chi connectivity index (χ2v) is 5.21. The van der Waals surface area contributed by atoms with Gasteiger partial charge in [-0.2, -0.15) is 26.3 Å². The number of hydrogen-bond acceptors (Lipinski definition) is 1. The van der Waals surface area contributed by atoms with Crippen LogP contribution in [0.4, 0.5) is 26.3 Å². The van der Waals surface area contributed by atoms with Gasteiger partial charge >= 0.3 is 12.4 Å². The fourth-order valence-corrected chi connectivity index (χ4v) is 2.17. The van der Waals surface area contributed by atoms with E-state index in [9.17, 15) is 26.3 Å². The summed E-state index contributed by atoms with van der Waals surface area (Å²) in [6, 6.07) is 6.17. The van der Waals surface area contributed by atoms with Crippen LogP contribution >= 0.6 is 22.6 Å². The largest absolute Gasteiger partial charge is 0.434 e. The average Bonchev–Trinajstić information content (AvgIpc) is 2.37. The Morgan fingerprint density at radius 2 is 1.52 bits per heavy atom. The predicted molar refractivity (Wildman–Crippen MR) is 72.4 cm³/mol. The van der Waals surface area contributed by atoms with E-state index in [-0.39, 0.29) is 14.8 Å². The summed E-state index contributed by atoms with van der Waals surface area (Å²) >= 11 is 1.61. The molecule has 0 bridgehead atoms. The summed E-state index contributed by atoms with van der Waals surface area (Å²) in [5.41, 5.74) is -2.77. The third kappa shape index (κ3) is 3.66. The molecule has 112 valence electrons. The van der Waals surface area contributed by atoms with Crippen molar-refractivity contribution in [3.63, 3.8) is 0 Å². The van der Waals surface area contributed by atoms with Gasteiger partial charge in [0.05, 0.1) is 5.56 Å². The molecular formula is C13H6F6IN. The van der Waals surface area contributed by atoms with E-state index in [0.29, 0.717) is 6.07 Å². The zero-order valence-corrected chi connectivity index (χ0v) is 12.2. The first-order valence-electron chi connectivity index (χ1n) is 5.50. The lowest BCUT2D eigenvalue weighted by Crippen LogP contribution is -2.11. The standard InChI is InChI=1S/C13H6F6IN/c14-12(15,16)8-3-1-2-7(6-8)9-4-5-10(20)21-11(9)13(17,18)19/h1-6H. The minimum Gasteiger partial charge on any atom is -0.237 e. The molecule has 0 radical (unpaired) electrons. The van der Waals surface area contributed by atoms with E-state index < -0.39 is 23.6 Å². The van der Waals surface area contributed by atoms with Crippen molar-refractivity contribution >= 4 is 22.6 Å². The van der Waals surface area contributed by atoms with Crippen molar-refractivity contribution in [3.05, 3.63) is 51.4 Å². The summed E-state index contributed by atoms with van der Waals surface area (Å²) in [6.07, 6.45) is -9.37. The summed E-state index contributed by atoms with van der Waals surface area (Å²) < 4.78 is 76.9. The van der Waals surface area contributed by atoms with Crippen LogP contribution in [-0.4, -0.2) is 4.98 Å². The maximum Gasteiger partial charge on any atom is 0.434 e. The van der Waals surface area contributed by atoms with E-state index in [2.05, 4.69) is 4.98 Å². The highest BCUT2D eigenvalue weighted by Gasteiger charge is 2.36. The molecule has 21 heavy (non-hydrogen) atoms. The van der Waals surface area contributed by atoms with Crippen LogP contribution in [0, 0.1) is 3.70 Å². The fraction of sp³-hybridized carbons (Fsp3) is 0.154. The molecule has 0 aliphatic rings. The number of hydrogen-bond donors (Lipinski definition) is 0. The van der Waals surface area contributed by atoms with Crippen molar-refractivity contribution in [3.8, 4) is 11.1 Å². The topological polar surface area (TPSA) is 12.9 Å². The van der Waals surface area contributed by atoms with Gasteiger partial charge < -0.3 is 0 Å². The van der Waals surface area contributed by atoms with Crippen LogP contribution < -0.4 is 0 Å². The molecule has 2 aromatic rings. The van der Waals surface area contributed by atoms with E-state index in [1.54, 1.807) is 22.6 Å². The predicted octanol–water partition coefficient (Wildman–Crippen LogP) is 5.39. The molecule has 1 nitrogen and oxygen atoms in total. The first-order valence-corrected chi connectivity index (χ1v) is 6.58. The highest BCUT2D eigenvalue weighted by molar-refractivity contribution is 14.1. The average molecular weight is 417 g/mol. The third-order valence-electron chi connectivity index (χ3n) is 2.63. The van der Waals surface area contributed by atoms with Crippen LogP contribution in [0.2, 0.25) is 0 Å². The van der Waals surface area contributed by atoms with Crippen LogP contribution in [0.3, 0.4) is 0 Å². The number of benzene rings is 1. The van der Waals surface area contributed by atoms with Gasteiger partial charge in [0.15, 0.2) is 5.69 Å². The van der Waals surface area contributed by atoms with Crippen molar-refractivity contribution in [2.45, 2.75) is 12.4 Å². The van der Waals surface area contributed by atoms with Crippen molar-refractivity contribution < 1.29 is 26.3 Å². The molecule has 0 N–H and O–H groups in total. The van der Waals surface area contributed by atoms with Crippen LogP contribution in [0.5, 0.6) is 0 Å². The summed E-state index contributed by atoms with van der Waals surface area (Å²) in [4.78, 5) is 3.39. The highest BCUT2D eigenvalue weighted by Crippen LogP contribution is 2.38. The third-order valence-corrected chi connectivity index (χ3v) is 3.23. The number of halogens is 7. The Hall–Kier alpha value is -1.32. The van der Waals surface area contributed by atoms with Gasteiger partial charge in [0.1, 0.15) is 3.70 Å². The lowest BCUT2D eigenvalue weighted by Gasteiger charge is -2.14. The van der Waals surface area contributed by atoms with Gasteiger partial charge in [-0.05, 0) is 52.4 Å². The fourth-order valence-electron chi connectivity index (χ4n) is 1.75. The van der Waals surface area contributed by atoms with Gasteiger partial charge in [-0.25, -0.2) is 4.98 Å². The van der Waals surface area contributed by atoms with Crippen LogP contribution in [0.15, 0.2) is 36.4 Å². The molecule has 0 saturated carbocycles. The van der Waals surface area contributed by atoms with Crippen molar-refractivity contribution in [2.24, 2.45) is 0 Å². The molecule has 2 rings (SSSR count). The van der Waals surface area contributed by atoms with Crippen LogP contribution in [0.1, 0.15) is 11.3 Å². The van der Waals surface area contributed by atoms with Gasteiger partial charge in [-0.3, -0.25) is 0 Å². The van der Waals surface area contributed by atoms with Crippen LogP contribution in [-0.2, 0) is 12.4 Å². The van der Waals surface area contributed by atoms with Crippen LogP contribution in [0.25, 0.3) is 11.1 Å². The monoisotopic (exact) mass is 417 g/mol. The summed E-state index contributed by atoms with van der Waals surface area (Å²) in [5, 5.41) is 0. The minimum atomic E-state index is -4.75. The molecule has 0 aliphatic heterocycles. The molecule has 1 aromatic carbocycles. The van der Waals surface area contributed by atoms with E-state index in [0.717, 1.165) is 18.2 Å². The second-order valence-electron chi connectivity index (χ2n) is 4.11. The maximum atomic E-state index is 13.0. The first kappa shape index (κ1) is 16.1. The van der Waals surface area contributed by atoms with Crippen molar-refractivity contribution in [1.82, 2.24) is 4.98 Å². The smallest absolute Gasteiger partial charge is 0.237 e. The van der Waals surface area contributed by atoms with Crippen molar-refractivity contribution in [2.75, 3.05) is 0 Å². The Bertz CT molecular complexity index is 662. The Balaban J connectivity index is 2.63. The first-order chi connectivity index (χ1) is 9.59. The SMILES string of the molecule is FC(F)(F)c1cccc(-c2ccc(I)nc2C(F)(F)F)c1. The second kappa shape index (κ2) is 5.47. The maximum absolute atomic E-state index is 13.0. The van der Waals surface area contributed by atoms with Crippen molar-refractivity contribution in [1.29, 1.82) is 0 Å². The Morgan fingerprint density at radius 3 is 2.10 bits per heavy atom. The number of pyridine rings is 1. The minimum absolute atomic E-state index is 0.107. The van der Waals surface area contributed by atoms with Gasteiger partial charge in [0.25, 0.3) is 0 Å². The Kier molecular flexibility index (Phi) is 4.18. The molecule has 0 saturated heterocycles. The van der Waals surface area contributed by atoms with Gasteiger partial charge in [0.2, 0.25) is 0 Å². The molecule has 0 atom stereocenters. The number of alkyl halides is 6. The number of aromatic nitrogens is 1. The molecular weight excluding hydrogens is 411 g/mol. The lowest BCUT2D eigenvalue weighted by atomic mass is 10.0. The molecule has 0 fully saturated rings. The summed E-state index contributed by atoms with van der Waals surface area (Å²) in [6.45, 7) is 0. The lowest BCUT2D eigenvalue weighted by molar-refractivity contribution is -0.140. The quantitative estimate of drug-likeness (QED) is 0.345. The molecule has 8 heteroatoms. The zero-order chi connectivity index (χ0) is 15.8. The molecule has 1 heterocycles. The van der Waals surface area contributed by atoms with Gasteiger partial charge in [0, 0.05) is 5.56 Å². The van der Waals surface area contributed by atoms with E-state index in [1.807, 2.05) is 0 Å². The highest BCUT2D eigenvalue weighted by atomic mass is 127. The Labute approximate surface area is 129 Å².